The molecular formula is C18H17N3O2. The highest BCUT2D eigenvalue weighted by atomic mass is 16.5. The van der Waals surface area contributed by atoms with Gasteiger partial charge in [0, 0.05) is 11.3 Å². The molecule has 23 heavy (non-hydrogen) atoms. The fourth-order valence-electron chi connectivity index (χ4n) is 2.30. The summed E-state index contributed by atoms with van der Waals surface area (Å²) < 4.78 is 5.12. The van der Waals surface area contributed by atoms with Gasteiger partial charge in [0.2, 0.25) is 5.91 Å². The van der Waals surface area contributed by atoms with Crippen molar-refractivity contribution >= 4 is 11.6 Å². The maximum Gasteiger partial charge on any atom is 0.257 e. The first kappa shape index (κ1) is 15.0. The molecule has 0 aliphatic heterocycles. The second-order valence-corrected chi connectivity index (χ2v) is 5.38. The van der Waals surface area contributed by atoms with Gasteiger partial charge in [-0.15, -0.1) is 0 Å². The lowest BCUT2D eigenvalue weighted by molar-refractivity contribution is -0.115. The van der Waals surface area contributed by atoms with E-state index in [1.165, 1.54) is 0 Å². The molecule has 0 radical (unpaired) electrons. The number of benzene rings is 2. The molecule has 1 amide bonds. The van der Waals surface area contributed by atoms with Gasteiger partial charge in [-0.25, -0.2) is 0 Å². The Morgan fingerprint density at radius 1 is 1.09 bits per heavy atom. The summed E-state index contributed by atoms with van der Waals surface area (Å²) in [7, 11) is 0. The third-order valence-corrected chi connectivity index (χ3v) is 3.56. The monoisotopic (exact) mass is 307 g/mol. The second kappa shape index (κ2) is 6.44. The number of aryl methyl sites for hydroxylation is 2. The summed E-state index contributed by atoms with van der Waals surface area (Å²) in [6, 6.07) is 15.2. The Morgan fingerprint density at radius 2 is 1.83 bits per heavy atom. The minimum Gasteiger partial charge on any atom is -0.334 e. The zero-order valence-corrected chi connectivity index (χ0v) is 13.0. The summed E-state index contributed by atoms with van der Waals surface area (Å²) in [6.07, 6.45) is 0.358. The molecule has 5 nitrogen and oxygen atoms in total. The van der Waals surface area contributed by atoms with Gasteiger partial charge >= 0.3 is 0 Å². The molecule has 3 aromatic rings. The van der Waals surface area contributed by atoms with Crippen LogP contribution in [0.25, 0.3) is 11.5 Å². The molecule has 0 aliphatic carbocycles. The quantitative estimate of drug-likeness (QED) is 0.800. The van der Waals surface area contributed by atoms with E-state index >= 15 is 0 Å². The van der Waals surface area contributed by atoms with Gasteiger partial charge < -0.3 is 9.84 Å². The van der Waals surface area contributed by atoms with E-state index in [1.54, 1.807) is 6.92 Å². The van der Waals surface area contributed by atoms with Crippen molar-refractivity contribution in [3.63, 3.8) is 0 Å². The lowest BCUT2D eigenvalue weighted by atomic mass is 10.1. The van der Waals surface area contributed by atoms with Crippen molar-refractivity contribution in [1.29, 1.82) is 0 Å². The van der Waals surface area contributed by atoms with Crippen molar-refractivity contribution in [2.45, 2.75) is 20.3 Å². The third kappa shape index (κ3) is 3.63. The van der Waals surface area contributed by atoms with Crippen LogP contribution in [-0.4, -0.2) is 16.0 Å². The predicted octanol–water partition coefficient (Wildman–Crippen LogP) is 3.53. The first-order valence-electron chi connectivity index (χ1n) is 7.37. The largest absolute Gasteiger partial charge is 0.334 e. The van der Waals surface area contributed by atoms with Crippen LogP contribution in [0.2, 0.25) is 0 Å². The Hall–Kier alpha value is -2.95. The summed E-state index contributed by atoms with van der Waals surface area (Å²) in [5.74, 6) is 1.02. The molecule has 1 N–H and O–H groups in total. The van der Waals surface area contributed by atoms with E-state index in [0.29, 0.717) is 18.1 Å². The smallest absolute Gasteiger partial charge is 0.257 e. The summed E-state index contributed by atoms with van der Waals surface area (Å²) in [5.41, 5.74) is 3.71. The molecule has 0 aliphatic rings. The van der Waals surface area contributed by atoms with Gasteiger partial charge in [-0.05, 0) is 49.2 Å². The summed E-state index contributed by atoms with van der Waals surface area (Å²) in [5, 5.41) is 6.66. The molecule has 0 bridgehead atoms. The van der Waals surface area contributed by atoms with E-state index < -0.39 is 0 Å². The number of carbonyl (C=O) groups excluding carboxylic acids is 1. The molecule has 0 unspecified atom stereocenters. The van der Waals surface area contributed by atoms with Gasteiger partial charge in [0.1, 0.15) is 0 Å². The van der Waals surface area contributed by atoms with E-state index in [4.69, 9.17) is 4.52 Å². The molecule has 0 spiro atoms. The first-order valence-corrected chi connectivity index (χ1v) is 7.37. The predicted molar refractivity (Wildman–Crippen MR) is 88.0 cm³/mol. The SMILES string of the molecule is Cc1noc(-c2ccc(NC(=O)Cc3ccccc3C)cc2)n1. The van der Waals surface area contributed by atoms with Gasteiger partial charge in [-0.2, -0.15) is 4.98 Å². The average Bonchev–Trinajstić information content (AvgIpc) is 2.97. The Morgan fingerprint density at radius 3 is 2.48 bits per heavy atom. The van der Waals surface area contributed by atoms with Gasteiger partial charge in [-0.1, -0.05) is 29.4 Å². The normalized spacial score (nSPS) is 10.5. The third-order valence-electron chi connectivity index (χ3n) is 3.56. The number of carbonyl (C=O) groups is 1. The second-order valence-electron chi connectivity index (χ2n) is 5.38. The van der Waals surface area contributed by atoms with Crippen LogP contribution in [0.15, 0.2) is 53.1 Å². The van der Waals surface area contributed by atoms with Crippen molar-refractivity contribution < 1.29 is 9.32 Å². The number of nitrogens with one attached hydrogen (secondary N) is 1. The fourth-order valence-corrected chi connectivity index (χ4v) is 2.30. The van der Waals surface area contributed by atoms with Crippen LogP contribution in [0.1, 0.15) is 17.0 Å². The van der Waals surface area contributed by atoms with E-state index in [0.717, 1.165) is 22.4 Å². The van der Waals surface area contributed by atoms with Crippen LogP contribution >= 0.6 is 0 Å². The number of rotatable bonds is 4. The van der Waals surface area contributed by atoms with Crippen LogP contribution < -0.4 is 5.32 Å². The molecule has 0 saturated carbocycles. The number of hydrogen-bond donors (Lipinski definition) is 1. The zero-order valence-electron chi connectivity index (χ0n) is 13.0. The molecule has 116 valence electrons. The standard InChI is InChI=1S/C18H17N3O2/c1-12-5-3-4-6-15(12)11-17(22)20-16-9-7-14(8-10-16)18-19-13(2)21-23-18/h3-10H,11H2,1-2H3,(H,20,22). The molecule has 3 rings (SSSR count). The zero-order chi connectivity index (χ0) is 16.2. The molecule has 0 saturated heterocycles. The Kier molecular flexibility index (Phi) is 4.19. The Bertz CT molecular complexity index is 822. The van der Waals surface area contributed by atoms with E-state index in [2.05, 4.69) is 15.5 Å². The molecule has 2 aromatic carbocycles. The van der Waals surface area contributed by atoms with Crippen LogP contribution in [0, 0.1) is 13.8 Å². The maximum absolute atomic E-state index is 12.1. The number of aromatic nitrogens is 2. The van der Waals surface area contributed by atoms with E-state index in [9.17, 15) is 4.79 Å². The van der Waals surface area contributed by atoms with E-state index in [-0.39, 0.29) is 5.91 Å². The minimum atomic E-state index is -0.0410. The Balaban J connectivity index is 1.66. The van der Waals surface area contributed by atoms with E-state index in [1.807, 2.05) is 55.5 Å². The van der Waals surface area contributed by atoms with Crippen molar-refractivity contribution in [2.75, 3.05) is 5.32 Å². The topological polar surface area (TPSA) is 68.0 Å². The number of anilines is 1. The van der Waals surface area contributed by atoms with Crippen molar-refractivity contribution in [3.8, 4) is 11.5 Å². The van der Waals surface area contributed by atoms with Crippen molar-refractivity contribution in [1.82, 2.24) is 10.1 Å². The summed E-state index contributed by atoms with van der Waals surface area (Å²) in [4.78, 5) is 16.3. The highest BCUT2D eigenvalue weighted by Gasteiger charge is 2.08. The van der Waals surface area contributed by atoms with Crippen LogP contribution in [0.3, 0.4) is 0 Å². The molecule has 0 fully saturated rings. The Labute approximate surface area is 134 Å². The van der Waals surface area contributed by atoms with Crippen LogP contribution in [0.4, 0.5) is 5.69 Å². The lowest BCUT2D eigenvalue weighted by Gasteiger charge is -2.07. The van der Waals surface area contributed by atoms with Gasteiger partial charge in [0.25, 0.3) is 5.89 Å². The highest BCUT2D eigenvalue weighted by Crippen LogP contribution is 2.20. The molecule has 5 heteroatoms. The van der Waals surface area contributed by atoms with Crippen molar-refractivity contribution in [3.05, 3.63) is 65.5 Å². The number of amides is 1. The van der Waals surface area contributed by atoms with Crippen LogP contribution in [-0.2, 0) is 11.2 Å². The number of hydrogen-bond acceptors (Lipinski definition) is 4. The highest BCUT2D eigenvalue weighted by molar-refractivity contribution is 5.92. The first-order chi connectivity index (χ1) is 11.1. The molecule has 1 heterocycles. The molecule has 1 aromatic heterocycles. The lowest BCUT2D eigenvalue weighted by Crippen LogP contribution is -2.14. The summed E-state index contributed by atoms with van der Waals surface area (Å²) >= 11 is 0. The fraction of sp³-hybridized carbons (Fsp3) is 0.167. The van der Waals surface area contributed by atoms with Gasteiger partial charge in [-0.3, -0.25) is 4.79 Å². The number of nitrogens with zero attached hydrogens (tertiary/aromatic N) is 2. The van der Waals surface area contributed by atoms with Gasteiger partial charge in [0.05, 0.1) is 6.42 Å². The molecule has 0 atom stereocenters. The average molecular weight is 307 g/mol. The van der Waals surface area contributed by atoms with Crippen molar-refractivity contribution in [2.24, 2.45) is 0 Å². The minimum absolute atomic E-state index is 0.0410. The van der Waals surface area contributed by atoms with Crippen LogP contribution in [0.5, 0.6) is 0 Å². The maximum atomic E-state index is 12.1. The summed E-state index contributed by atoms with van der Waals surface area (Å²) in [6.45, 7) is 3.77. The molecular weight excluding hydrogens is 290 g/mol. The van der Waals surface area contributed by atoms with Gasteiger partial charge in [0.15, 0.2) is 5.82 Å².